The Morgan fingerprint density at radius 2 is 2.00 bits per heavy atom. The Kier molecular flexibility index (Phi) is 5.43. The lowest BCUT2D eigenvalue weighted by Gasteiger charge is -2.29. The van der Waals surface area contributed by atoms with Crippen molar-refractivity contribution in [3.8, 4) is 5.75 Å². The van der Waals surface area contributed by atoms with E-state index in [0.29, 0.717) is 18.6 Å². The van der Waals surface area contributed by atoms with Crippen LogP contribution in [0.15, 0.2) is 24.3 Å². The van der Waals surface area contributed by atoms with Crippen LogP contribution in [-0.2, 0) is 14.4 Å². The van der Waals surface area contributed by atoms with Crippen LogP contribution in [0.4, 0.5) is 4.79 Å². The first-order valence-corrected chi connectivity index (χ1v) is 9.02. The third-order valence-electron chi connectivity index (χ3n) is 4.89. The van der Waals surface area contributed by atoms with E-state index in [9.17, 15) is 19.2 Å². The minimum atomic E-state index is -1.03. The Morgan fingerprint density at radius 3 is 2.70 bits per heavy atom. The molecule has 8 nitrogen and oxygen atoms in total. The molecule has 144 valence electrons. The molecule has 0 bridgehead atoms. The van der Waals surface area contributed by atoms with Gasteiger partial charge in [-0.25, -0.2) is 4.79 Å². The summed E-state index contributed by atoms with van der Waals surface area (Å²) in [6.07, 6.45) is 1.11. The van der Waals surface area contributed by atoms with Crippen LogP contribution in [0.5, 0.6) is 5.75 Å². The van der Waals surface area contributed by atoms with Gasteiger partial charge in [0.25, 0.3) is 5.91 Å². The highest BCUT2D eigenvalue weighted by Gasteiger charge is 2.52. The molecule has 1 heterocycles. The van der Waals surface area contributed by atoms with Gasteiger partial charge >= 0.3 is 6.03 Å². The van der Waals surface area contributed by atoms with Crippen molar-refractivity contribution in [3.63, 3.8) is 0 Å². The number of benzene rings is 1. The molecule has 2 N–H and O–H groups in total. The number of carbonyl (C=O) groups excluding carboxylic acids is 4. The molecule has 3 rings (SSSR count). The van der Waals surface area contributed by atoms with E-state index in [2.05, 4.69) is 10.6 Å². The van der Waals surface area contributed by atoms with Gasteiger partial charge in [0.1, 0.15) is 30.2 Å². The fraction of sp³-hybridized carbons (Fsp3) is 0.474. The van der Waals surface area contributed by atoms with Crippen LogP contribution in [0.25, 0.3) is 0 Å². The van der Waals surface area contributed by atoms with Crippen LogP contribution < -0.4 is 15.4 Å². The lowest BCUT2D eigenvalue weighted by atomic mass is 9.81. The van der Waals surface area contributed by atoms with Gasteiger partial charge in [-0.15, -0.1) is 0 Å². The molecular formula is C19H23N3O5. The number of ether oxygens (including phenoxy) is 1. The predicted molar refractivity (Wildman–Crippen MR) is 96.1 cm³/mol. The Morgan fingerprint density at radius 1 is 1.26 bits per heavy atom. The number of hydrogen-bond donors (Lipinski definition) is 2. The van der Waals surface area contributed by atoms with Gasteiger partial charge in [-0.2, -0.15) is 0 Å². The van der Waals surface area contributed by atoms with Crippen LogP contribution in [0.1, 0.15) is 31.2 Å². The summed E-state index contributed by atoms with van der Waals surface area (Å²) in [6.45, 7) is 2.16. The summed E-state index contributed by atoms with van der Waals surface area (Å²) in [7, 11) is 0. The summed E-state index contributed by atoms with van der Waals surface area (Å²) in [5.41, 5.74) is 0.0490. The molecule has 4 amide bonds. The van der Waals surface area contributed by atoms with Crippen LogP contribution in [0.3, 0.4) is 0 Å². The molecule has 1 saturated carbocycles. The Labute approximate surface area is 157 Å². The smallest absolute Gasteiger partial charge is 0.325 e. The highest BCUT2D eigenvalue weighted by atomic mass is 16.5. The first-order chi connectivity index (χ1) is 12.9. The zero-order chi connectivity index (χ0) is 19.4. The molecule has 1 aromatic rings. The number of carbonyl (C=O) groups is 4. The van der Waals surface area contributed by atoms with Crippen molar-refractivity contribution in [1.29, 1.82) is 0 Å². The van der Waals surface area contributed by atoms with Crippen LogP contribution >= 0.6 is 0 Å². The molecule has 0 radical (unpaired) electrons. The number of amides is 4. The fourth-order valence-electron chi connectivity index (χ4n) is 3.38. The normalized spacial score (nSPS) is 18.6. The lowest BCUT2D eigenvalue weighted by Crippen LogP contribution is -2.50. The van der Waals surface area contributed by atoms with Gasteiger partial charge in [-0.3, -0.25) is 19.3 Å². The molecule has 1 saturated heterocycles. The maximum atomic E-state index is 12.6. The Balaban J connectivity index is 1.45. The SMILES string of the molecule is Cc1cccc(OCCNC(=O)CN2C(=O)NC3(CCC(=O)CC3)C2=O)c1. The van der Waals surface area contributed by atoms with Gasteiger partial charge < -0.3 is 15.4 Å². The molecule has 0 atom stereocenters. The summed E-state index contributed by atoms with van der Waals surface area (Å²) in [5, 5.41) is 5.31. The van der Waals surface area contributed by atoms with Crippen molar-refractivity contribution in [2.45, 2.75) is 38.1 Å². The molecule has 8 heteroatoms. The largest absolute Gasteiger partial charge is 0.492 e. The van der Waals surface area contributed by atoms with E-state index in [0.717, 1.165) is 10.5 Å². The maximum absolute atomic E-state index is 12.6. The second-order valence-corrected chi connectivity index (χ2v) is 6.96. The van der Waals surface area contributed by atoms with Crippen molar-refractivity contribution in [2.24, 2.45) is 0 Å². The van der Waals surface area contributed by atoms with E-state index in [4.69, 9.17) is 4.74 Å². The molecule has 2 aliphatic rings. The second-order valence-electron chi connectivity index (χ2n) is 6.96. The van der Waals surface area contributed by atoms with Crippen molar-refractivity contribution in [3.05, 3.63) is 29.8 Å². The molecular weight excluding hydrogens is 350 g/mol. The second kappa shape index (κ2) is 7.77. The number of ketones is 1. The summed E-state index contributed by atoms with van der Waals surface area (Å²) in [4.78, 5) is 49.1. The van der Waals surface area contributed by atoms with Gasteiger partial charge in [-0.05, 0) is 37.5 Å². The molecule has 27 heavy (non-hydrogen) atoms. The molecule has 1 aliphatic heterocycles. The molecule has 0 unspecified atom stereocenters. The van der Waals surface area contributed by atoms with E-state index in [1.165, 1.54) is 0 Å². The monoisotopic (exact) mass is 373 g/mol. The summed E-state index contributed by atoms with van der Waals surface area (Å²) < 4.78 is 5.54. The van der Waals surface area contributed by atoms with Crippen molar-refractivity contribution < 1.29 is 23.9 Å². The number of nitrogens with one attached hydrogen (secondary N) is 2. The third-order valence-corrected chi connectivity index (χ3v) is 4.89. The number of aryl methyl sites for hydroxylation is 1. The van der Waals surface area contributed by atoms with Gasteiger partial charge in [0, 0.05) is 12.8 Å². The third kappa shape index (κ3) is 4.27. The summed E-state index contributed by atoms with van der Waals surface area (Å²) >= 11 is 0. The minimum absolute atomic E-state index is 0.0903. The standard InChI is InChI=1S/C19H23N3O5/c1-13-3-2-4-15(11-13)27-10-9-20-16(24)12-22-17(25)19(21-18(22)26)7-5-14(23)6-8-19/h2-4,11H,5-10,12H2,1H3,(H,20,24)(H,21,26). The van der Waals surface area contributed by atoms with Gasteiger partial charge in [-0.1, -0.05) is 12.1 Å². The van der Waals surface area contributed by atoms with Crippen molar-refractivity contribution in [2.75, 3.05) is 19.7 Å². The molecule has 2 fully saturated rings. The number of imide groups is 1. The van der Waals surface area contributed by atoms with Crippen molar-refractivity contribution >= 4 is 23.6 Å². The van der Waals surface area contributed by atoms with E-state index in [1.807, 2.05) is 31.2 Å². The lowest BCUT2D eigenvalue weighted by molar-refractivity contribution is -0.137. The molecule has 1 spiro atoms. The molecule has 0 aromatic heterocycles. The molecule has 1 aromatic carbocycles. The number of urea groups is 1. The van der Waals surface area contributed by atoms with Crippen LogP contribution in [0, 0.1) is 6.92 Å². The number of rotatable bonds is 6. The zero-order valence-electron chi connectivity index (χ0n) is 15.2. The fourth-order valence-corrected chi connectivity index (χ4v) is 3.38. The number of hydrogen-bond acceptors (Lipinski definition) is 5. The number of nitrogens with zero attached hydrogens (tertiary/aromatic N) is 1. The average Bonchev–Trinajstić information content (AvgIpc) is 2.86. The van der Waals surface area contributed by atoms with Gasteiger partial charge in [0.05, 0.1) is 6.54 Å². The number of Topliss-reactive ketones (excluding diaryl/α,β-unsaturated/α-hetero) is 1. The zero-order valence-corrected chi connectivity index (χ0v) is 15.2. The summed E-state index contributed by atoms with van der Waals surface area (Å²) in [6, 6.07) is 6.98. The predicted octanol–water partition coefficient (Wildman–Crippen LogP) is 0.924. The quantitative estimate of drug-likeness (QED) is 0.570. The van der Waals surface area contributed by atoms with E-state index in [-0.39, 0.29) is 38.3 Å². The van der Waals surface area contributed by atoms with Crippen LogP contribution in [0.2, 0.25) is 0 Å². The highest BCUT2D eigenvalue weighted by molar-refractivity contribution is 6.09. The highest BCUT2D eigenvalue weighted by Crippen LogP contribution is 2.32. The van der Waals surface area contributed by atoms with Gasteiger partial charge in [0.2, 0.25) is 5.91 Å². The summed E-state index contributed by atoms with van der Waals surface area (Å²) in [5.74, 6) is -0.0546. The van der Waals surface area contributed by atoms with Crippen molar-refractivity contribution in [1.82, 2.24) is 15.5 Å². The van der Waals surface area contributed by atoms with Crippen LogP contribution in [-0.4, -0.2) is 53.8 Å². The van der Waals surface area contributed by atoms with Gasteiger partial charge in [0.15, 0.2) is 0 Å². The van der Waals surface area contributed by atoms with E-state index >= 15 is 0 Å². The average molecular weight is 373 g/mol. The topological polar surface area (TPSA) is 105 Å². The first kappa shape index (κ1) is 18.9. The van der Waals surface area contributed by atoms with E-state index < -0.39 is 23.4 Å². The maximum Gasteiger partial charge on any atom is 0.325 e. The molecule has 1 aliphatic carbocycles. The van der Waals surface area contributed by atoms with E-state index in [1.54, 1.807) is 0 Å². The Bertz CT molecular complexity index is 766. The minimum Gasteiger partial charge on any atom is -0.492 e. The Hall–Kier alpha value is -2.90. The first-order valence-electron chi connectivity index (χ1n) is 9.02.